The Morgan fingerprint density at radius 3 is 2.68 bits per heavy atom. The fraction of sp³-hybridized carbons (Fsp3) is 0.167. The molecule has 0 bridgehead atoms. The quantitative estimate of drug-likeness (QED) is 0.516. The molecule has 1 aromatic heterocycles. The van der Waals surface area contributed by atoms with Crippen LogP contribution in [0.25, 0.3) is 11.1 Å². The number of hydrogen-bond donors (Lipinski definition) is 1. The number of non-ortho nitro benzene ring substituents is 1. The monoisotopic (exact) mass is 261 g/mol. The van der Waals surface area contributed by atoms with E-state index in [1.807, 2.05) is 0 Å². The molecule has 0 fully saturated rings. The normalized spacial score (nSPS) is 10.2. The van der Waals surface area contributed by atoms with Crippen molar-refractivity contribution in [3.8, 4) is 11.1 Å². The first-order valence-electron chi connectivity index (χ1n) is 5.59. The zero-order valence-electron chi connectivity index (χ0n) is 10.1. The molecule has 0 amide bonds. The van der Waals surface area contributed by atoms with Crippen LogP contribution in [0.5, 0.6) is 0 Å². The number of H-pyrrole nitrogens is 1. The summed E-state index contributed by atoms with van der Waals surface area (Å²) in [7, 11) is 0. The second kappa shape index (κ2) is 5.30. The predicted molar refractivity (Wildman–Crippen MR) is 66.6 cm³/mol. The Balaban J connectivity index is 2.34. The van der Waals surface area contributed by atoms with Crippen molar-refractivity contribution in [2.45, 2.75) is 6.92 Å². The summed E-state index contributed by atoms with van der Waals surface area (Å²) in [5.74, 6) is -0.530. The van der Waals surface area contributed by atoms with E-state index in [0.717, 1.165) is 0 Å². The van der Waals surface area contributed by atoms with Gasteiger partial charge in [-0.15, -0.1) is 0 Å². The van der Waals surface area contributed by atoms with E-state index in [4.69, 9.17) is 4.74 Å². The van der Waals surface area contributed by atoms with Gasteiger partial charge in [0.05, 0.1) is 11.5 Å². The summed E-state index contributed by atoms with van der Waals surface area (Å²) in [5.41, 5.74) is 1.36. The van der Waals surface area contributed by atoms with Crippen molar-refractivity contribution in [2.24, 2.45) is 0 Å². The van der Waals surface area contributed by atoms with Crippen molar-refractivity contribution < 1.29 is 14.5 Å². The number of aromatic nitrogens is 2. The van der Waals surface area contributed by atoms with Gasteiger partial charge in [0.2, 0.25) is 0 Å². The molecule has 19 heavy (non-hydrogen) atoms. The number of benzene rings is 1. The van der Waals surface area contributed by atoms with Gasteiger partial charge in [0.15, 0.2) is 5.69 Å². The van der Waals surface area contributed by atoms with Gasteiger partial charge in [0, 0.05) is 23.9 Å². The molecule has 1 N–H and O–H groups in total. The SMILES string of the molecule is CCOC(=O)c1n[nH]cc1-c1ccc([N+](=O)[O-])cc1. The van der Waals surface area contributed by atoms with Crippen molar-refractivity contribution in [2.75, 3.05) is 6.61 Å². The molecule has 1 heterocycles. The minimum atomic E-state index is -0.530. The summed E-state index contributed by atoms with van der Waals surface area (Å²) in [6, 6.07) is 5.87. The van der Waals surface area contributed by atoms with Gasteiger partial charge in [0.25, 0.3) is 5.69 Å². The van der Waals surface area contributed by atoms with Crippen molar-refractivity contribution in [1.82, 2.24) is 10.2 Å². The fourth-order valence-electron chi connectivity index (χ4n) is 1.63. The smallest absolute Gasteiger partial charge is 0.359 e. The lowest BCUT2D eigenvalue weighted by Gasteiger charge is -2.02. The van der Waals surface area contributed by atoms with Crippen molar-refractivity contribution in [3.63, 3.8) is 0 Å². The standard InChI is InChI=1S/C12H11N3O4/c1-2-19-12(16)11-10(7-13-14-11)8-3-5-9(6-4-8)15(17)18/h3-7H,2H2,1H3,(H,13,14). The van der Waals surface area contributed by atoms with E-state index in [-0.39, 0.29) is 18.0 Å². The Kier molecular flexibility index (Phi) is 3.56. The fourth-order valence-corrected chi connectivity index (χ4v) is 1.63. The third-order valence-corrected chi connectivity index (χ3v) is 2.50. The van der Waals surface area contributed by atoms with E-state index >= 15 is 0 Å². The van der Waals surface area contributed by atoms with Crippen molar-refractivity contribution >= 4 is 11.7 Å². The molecule has 0 aliphatic rings. The van der Waals surface area contributed by atoms with E-state index in [0.29, 0.717) is 11.1 Å². The van der Waals surface area contributed by atoms with Crippen LogP contribution in [0.1, 0.15) is 17.4 Å². The van der Waals surface area contributed by atoms with E-state index in [1.165, 1.54) is 12.1 Å². The molecule has 7 nitrogen and oxygen atoms in total. The number of rotatable bonds is 4. The lowest BCUT2D eigenvalue weighted by molar-refractivity contribution is -0.384. The van der Waals surface area contributed by atoms with Gasteiger partial charge >= 0.3 is 5.97 Å². The summed E-state index contributed by atoms with van der Waals surface area (Å²) >= 11 is 0. The van der Waals surface area contributed by atoms with Gasteiger partial charge in [0.1, 0.15) is 0 Å². The highest BCUT2D eigenvalue weighted by Gasteiger charge is 2.17. The summed E-state index contributed by atoms with van der Waals surface area (Å²) in [4.78, 5) is 21.8. The van der Waals surface area contributed by atoms with Crippen LogP contribution in [0.15, 0.2) is 30.5 Å². The number of carbonyl (C=O) groups excluding carboxylic acids is 1. The summed E-state index contributed by atoms with van der Waals surface area (Å²) in [6.45, 7) is 1.96. The maximum atomic E-state index is 11.7. The van der Waals surface area contributed by atoms with Crippen LogP contribution < -0.4 is 0 Å². The number of ether oxygens (including phenoxy) is 1. The zero-order valence-corrected chi connectivity index (χ0v) is 10.1. The Bertz CT molecular complexity index is 604. The Hall–Kier alpha value is -2.70. The van der Waals surface area contributed by atoms with Crippen LogP contribution in [-0.4, -0.2) is 27.7 Å². The first kappa shape index (κ1) is 12.7. The Labute approximate surface area is 108 Å². The van der Waals surface area contributed by atoms with Crippen LogP contribution in [0.3, 0.4) is 0 Å². The molecule has 0 spiro atoms. The van der Waals surface area contributed by atoms with E-state index < -0.39 is 10.9 Å². The highest BCUT2D eigenvalue weighted by atomic mass is 16.6. The third-order valence-electron chi connectivity index (χ3n) is 2.50. The van der Waals surface area contributed by atoms with Crippen LogP contribution in [0, 0.1) is 10.1 Å². The topological polar surface area (TPSA) is 98.1 Å². The van der Waals surface area contributed by atoms with Crippen LogP contribution >= 0.6 is 0 Å². The molecule has 1 aromatic carbocycles. The lowest BCUT2D eigenvalue weighted by Crippen LogP contribution is -2.06. The molecular weight excluding hydrogens is 250 g/mol. The second-order valence-corrected chi connectivity index (χ2v) is 3.67. The number of nitro benzene ring substituents is 1. The minimum Gasteiger partial charge on any atom is -0.461 e. The number of esters is 1. The van der Waals surface area contributed by atoms with E-state index in [2.05, 4.69) is 10.2 Å². The van der Waals surface area contributed by atoms with Gasteiger partial charge in [-0.05, 0) is 24.6 Å². The van der Waals surface area contributed by atoms with E-state index in [1.54, 1.807) is 25.3 Å². The number of aromatic amines is 1. The maximum Gasteiger partial charge on any atom is 0.359 e. The second-order valence-electron chi connectivity index (χ2n) is 3.67. The Morgan fingerprint density at radius 2 is 2.11 bits per heavy atom. The van der Waals surface area contributed by atoms with E-state index in [9.17, 15) is 14.9 Å². The Morgan fingerprint density at radius 1 is 1.42 bits per heavy atom. The van der Waals surface area contributed by atoms with Crippen LogP contribution in [0.4, 0.5) is 5.69 Å². The molecule has 0 atom stereocenters. The van der Waals surface area contributed by atoms with Gasteiger partial charge in [-0.3, -0.25) is 15.2 Å². The summed E-state index contributed by atoms with van der Waals surface area (Å²) in [6.07, 6.45) is 1.55. The maximum absolute atomic E-state index is 11.7. The lowest BCUT2D eigenvalue weighted by atomic mass is 10.1. The first-order chi connectivity index (χ1) is 9.13. The molecule has 98 valence electrons. The highest BCUT2D eigenvalue weighted by Crippen LogP contribution is 2.24. The molecule has 7 heteroatoms. The molecule has 0 aliphatic heterocycles. The van der Waals surface area contributed by atoms with Gasteiger partial charge in [-0.1, -0.05) is 0 Å². The zero-order chi connectivity index (χ0) is 13.8. The van der Waals surface area contributed by atoms with Crippen molar-refractivity contribution in [1.29, 1.82) is 0 Å². The average molecular weight is 261 g/mol. The third kappa shape index (κ3) is 2.59. The largest absolute Gasteiger partial charge is 0.461 e. The van der Waals surface area contributed by atoms with Crippen LogP contribution in [-0.2, 0) is 4.74 Å². The molecule has 0 unspecified atom stereocenters. The van der Waals surface area contributed by atoms with Gasteiger partial charge in [-0.2, -0.15) is 5.10 Å². The molecule has 0 aliphatic carbocycles. The predicted octanol–water partition coefficient (Wildman–Crippen LogP) is 2.16. The molecule has 0 radical (unpaired) electrons. The van der Waals surface area contributed by atoms with Crippen molar-refractivity contribution in [3.05, 3.63) is 46.3 Å². The average Bonchev–Trinajstić information content (AvgIpc) is 2.88. The molecule has 0 saturated carbocycles. The van der Waals surface area contributed by atoms with Crippen LogP contribution in [0.2, 0.25) is 0 Å². The molecule has 2 rings (SSSR count). The molecular formula is C12H11N3O4. The summed E-state index contributed by atoms with van der Waals surface area (Å²) < 4.78 is 4.88. The number of carbonyl (C=O) groups is 1. The minimum absolute atomic E-state index is 0.00932. The van der Waals surface area contributed by atoms with Gasteiger partial charge < -0.3 is 4.74 Å². The number of nitrogens with zero attached hydrogens (tertiary/aromatic N) is 2. The molecule has 2 aromatic rings. The molecule has 0 saturated heterocycles. The summed E-state index contributed by atoms with van der Waals surface area (Å²) in [5, 5.41) is 17.0. The first-order valence-corrected chi connectivity index (χ1v) is 5.59. The number of nitrogens with one attached hydrogen (secondary N) is 1. The number of hydrogen-bond acceptors (Lipinski definition) is 5. The number of nitro groups is 1. The van der Waals surface area contributed by atoms with Gasteiger partial charge in [-0.25, -0.2) is 4.79 Å². The highest BCUT2D eigenvalue weighted by molar-refractivity contribution is 5.95.